The first-order chi connectivity index (χ1) is 13.0. The molecule has 1 fully saturated rings. The van der Waals surface area contributed by atoms with Gasteiger partial charge in [-0.15, -0.1) is 0 Å². The van der Waals surface area contributed by atoms with E-state index in [4.69, 9.17) is 0 Å². The minimum Gasteiger partial charge on any atom is -0.207 e. The van der Waals surface area contributed by atoms with Gasteiger partial charge in [-0.1, -0.05) is 13.0 Å². The lowest BCUT2D eigenvalue weighted by Gasteiger charge is -2.29. The van der Waals surface area contributed by atoms with Crippen molar-refractivity contribution in [3.63, 3.8) is 0 Å². The summed E-state index contributed by atoms with van der Waals surface area (Å²) in [6.45, 7) is 9.77. The lowest BCUT2D eigenvalue weighted by atomic mass is 10.0. The minimum atomic E-state index is -3.99. The van der Waals surface area contributed by atoms with E-state index in [1.165, 1.54) is 17.3 Å². The number of sulfonamides is 1. The first kappa shape index (κ1) is 21.0. The summed E-state index contributed by atoms with van der Waals surface area (Å²) in [5.41, 5.74) is 2.14. The molecule has 1 aliphatic rings. The van der Waals surface area contributed by atoms with Gasteiger partial charge in [0.05, 0.1) is 16.3 Å². The SMILES string of the molecule is Cc1ccc(S(=O)(=O)n2nc(C)c(S(=O)(=O)N3CCC(C)CC3)c2C)cc1C. The summed E-state index contributed by atoms with van der Waals surface area (Å²) < 4.78 is 54.9. The number of benzene rings is 1. The largest absolute Gasteiger partial charge is 0.283 e. The van der Waals surface area contributed by atoms with Gasteiger partial charge < -0.3 is 0 Å². The highest BCUT2D eigenvalue weighted by atomic mass is 32.2. The molecule has 2 heterocycles. The molecule has 1 saturated heterocycles. The summed E-state index contributed by atoms with van der Waals surface area (Å²) in [6.07, 6.45) is 1.60. The smallest absolute Gasteiger partial charge is 0.207 e. The van der Waals surface area contributed by atoms with Gasteiger partial charge in [-0.2, -0.15) is 21.9 Å². The maximum absolute atomic E-state index is 13.2. The van der Waals surface area contributed by atoms with E-state index in [-0.39, 0.29) is 21.2 Å². The molecule has 0 bridgehead atoms. The van der Waals surface area contributed by atoms with E-state index < -0.39 is 20.0 Å². The molecular weight excluding hydrogens is 398 g/mol. The van der Waals surface area contributed by atoms with Gasteiger partial charge in [0.15, 0.2) is 0 Å². The zero-order chi connectivity index (χ0) is 20.9. The first-order valence-corrected chi connectivity index (χ1v) is 12.2. The molecule has 2 aromatic rings. The van der Waals surface area contributed by atoms with Gasteiger partial charge in [-0.3, -0.25) is 0 Å². The normalized spacial score (nSPS) is 17.2. The van der Waals surface area contributed by atoms with Crippen LogP contribution in [0.4, 0.5) is 0 Å². The van der Waals surface area contributed by atoms with Crippen molar-refractivity contribution in [2.24, 2.45) is 5.92 Å². The Morgan fingerprint density at radius 1 is 0.929 bits per heavy atom. The second-order valence-electron chi connectivity index (χ2n) is 7.68. The molecule has 1 aromatic carbocycles. The van der Waals surface area contributed by atoms with Crippen molar-refractivity contribution in [2.75, 3.05) is 13.1 Å². The van der Waals surface area contributed by atoms with Crippen LogP contribution < -0.4 is 0 Å². The van der Waals surface area contributed by atoms with E-state index in [0.717, 1.165) is 28.1 Å². The van der Waals surface area contributed by atoms with Gasteiger partial charge in [0, 0.05) is 13.1 Å². The van der Waals surface area contributed by atoms with Crippen molar-refractivity contribution in [3.05, 3.63) is 40.7 Å². The number of nitrogens with zero attached hydrogens (tertiary/aromatic N) is 3. The highest BCUT2D eigenvalue weighted by Crippen LogP contribution is 2.29. The Morgan fingerprint density at radius 2 is 1.54 bits per heavy atom. The average Bonchev–Trinajstić information content (AvgIpc) is 2.93. The number of rotatable bonds is 4. The zero-order valence-electron chi connectivity index (χ0n) is 16.9. The van der Waals surface area contributed by atoms with Crippen LogP contribution in [0.3, 0.4) is 0 Å². The monoisotopic (exact) mass is 425 g/mol. The van der Waals surface area contributed by atoms with E-state index in [9.17, 15) is 16.8 Å². The van der Waals surface area contributed by atoms with Crippen LogP contribution >= 0.6 is 0 Å². The lowest BCUT2D eigenvalue weighted by Crippen LogP contribution is -2.38. The number of hydrogen-bond donors (Lipinski definition) is 0. The number of aromatic nitrogens is 2. The van der Waals surface area contributed by atoms with Crippen molar-refractivity contribution in [1.29, 1.82) is 0 Å². The summed E-state index contributed by atoms with van der Waals surface area (Å²) >= 11 is 0. The van der Waals surface area contributed by atoms with E-state index in [2.05, 4.69) is 12.0 Å². The summed E-state index contributed by atoms with van der Waals surface area (Å²) in [7, 11) is -7.79. The Morgan fingerprint density at radius 3 is 2.11 bits per heavy atom. The molecule has 0 N–H and O–H groups in total. The van der Waals surface area contributed by atoms with Crippen LogP contribution in [0.25, 0.3) is 0 Å². The van der Waals surface area contributed by atoms with Crippen molar-refractivity contribution >= 4 is 20.0 Å². The molecule has 1 aliphatic heterocycles. The van der Waals surface area contributed by atoms with Gasteiger partial charge in [0.2, 0.25) is 10.0 Å². The molecule has 0 saturated carbocycles. The molecule has 28 heavy (non-hydrogen) atoms. The third-order valence-corrected chi connectivity index (χ3v) is 9.34. The summed E-state index contributed by atoms with van der Waals surface area (Å²) in [5.74, 6) is 0.488. The molecule has 9 heteroatoms. The van der Waals surface area contributed by atoms with Crippen LogP contribution in [-0.2, 0) is 20.0 Å². The number of hydrogen-bond acceptors (Lipinski definition) is 5. The van der Waals surface area contributed by atoms with Crippen molar-refractivity contribution in [2.45, 2.75) is 57.3 Å². The van der Waals surface area contributed by atoms with Crippen molar-refractivity contribution in [1.82, 2.24) is 13.5 Å². The zero-order valence-corrected chi connectivity index (χ0v) is 18.6. The molecule has 0 unspecified atom stereocenters. The van der Waals surface area contributed by atoms with E-state index in [0.29, 0.717) is 19.0 Å². The fraction of sp³-hybridized carbons (Fsp3) is 0.526. The van der Waals surface area contributed by atoms with E-state index >= 15 is 0 Å². The van der Waals surface area contributed by atoms with Gasteiger partial charge in [-0.05, 0) is 69.7 Å². The highest BCUT2D eigenvalue weighted by Gasteiger charge is 2.35. The standard InChI is InChI=1S/C19H27N3O4S2/c1-13-8-10-21(11-9-13)28(25,26)19-16(4)20-22(17(19)5)27(23,24)18-7-6-14(2)15(3)12-18/h6-7,12-13H,8-11H2,1-5H3. The Hall–Kier alpha value is -1.71. The van der Waals surface area contributed by atoms with Crippen molar-refractivity contribution < 1.29 is 16.8 Å². The highest BCUT2D eigenvalue weighted by molar-refractivity contribution is 7.90. The molecule has 154 valence electrons. The summed E-state index contributed by atoms with van der Waals surface area (Å²) in [4.78, 5) is 0.0893. The van der Waals surface area contributed by atoms with Crippen LogP contribution in [0.5, 0.6) is 0 Å². The topological polar surface area (TPSA) is 89.3 Å². The number of piperidine rings is 1. The second-order valence-corrected chi connectivity index (χ2v) is 11.3. The van der Waals surface area contributed by atoms with Crippen LogP contribution in [0.2, 0.25) is 0 Å². The quantitative estimate of drug-likeness (QED) is 0.751. The van der Waals surface area contributed by atoms with Crippen LogP contribution in [0.15, 0.2) is 28.0 Å². The predicted octanol–water partition coefficient (Wildman–Crippen LogP) is 2.77. The van der Waals surface area contributed by atoms with Gasteiger partial charge in [0.25, 0.3) is 10.0 Å². The minimum absolute atomic E-state index is 0.00513. The van der Waals surface area contributed by atoms with Crippen LogP contribution in [-0.4, -0.2) is 43.4 Å². The van der Waals surface area contributed by atoms with Crippen molar-refractivity contribution in [3.8, 4) is 0 Å². The fourth-order valence-electron chi connectivity index (χ4n) is 3.54. The molecule has 0 spiro atoms. The molecule has 3 rings (SSSR count). The first-order valence-electron chi connectivity index (χ1n) is 9.35. The molecule has 0 atom stereocenters. The predicted molar refractivity (Wildman–Crippen MR) is 107 cm³/mol. The Kier molecular flexibility index (Phi) is 5.46. The Labute approximate surface area is 167 Å². The van der Waals surface area contributed by atoms with Crippen LogP contribution in [0, 0.1) is 33.6 Å². The molecule has 7 nitrogen and oxygen atoms in total. The molecule has 0 radical (unpaired) electrons. The van der Waals surface area contributed by atoms with Gasteiger partial charge in [0.1, 0.15) is 4.90 Å². The Balaban J connectivity index is 2.08. The summed E-state index contributed by atoms with van der Waals surface area (Å²) in [6, 6.07) is 4.84. The second kappa shape index (κ2) is 7.27. The maximum Gasteiger partial charge on any atom is 0.283 e. The third kappa shape index (κ3) is 3.51. The molecule has 1 aromatic heterocycles. The Bertz CT molecular complexity index is 1110. The molecule has 0 amide bonds. The third-order valence-electron chi connectivity index (χ3n) is 5.53. The maximum atomic E-state index is 13.2. The molecule has 0 aliphatic carbocycles. The van der Waals surface area contributed by atoms with Gasteiger partial charge in [-0.25, -0.2) is 8.42 Å². The lowest BCUT2D eigenvalue weighted by molar-refractivity contribution is 0.288. The van der Waals surface area contributed by atoms with Crippen LogP contribution in [0.1, 0.15) is 42.3 Å². The van der Waals surface area contributed by atoms with E-state index in [1.54, 1.807) is 19.1 Å². The molecular formula is C19H27N3O4S2. The average molecular weight is 426 g/mol. The van der Waals surface area contributed by atoms with E-state index in [1.807, 2.05) is 13.8 Å². The fourth-order valence-corrected chi connectivity index (χ4v) is 6.87. The number of aryl methyl sites for hydroxylation is 3. The summed E-state index contributed by atoms with van der Waals surface area (Å²) in [5, 5.41) is 4.11. The van der Waals surface area contributed by atoms with Gasteiger partial charge >= 0.3 is 0 Å².